The van der Waals surface area contributed by atoms with Crippen LogP contribution in [0.3, 0.4) is 0 Å². The number of nitrogens with two attached hydrogens (primary N) is 1. The normalized spacial score (nSPS) is 13.8. The first kappa shape index (κ1) is 15.7. The molecule has 0 aliphatic rings. The summed E-state index contributed by atoms with van der Waals surface area (Å²) in [7, 11) is 0. The number of hydrogen-bond acceptors (Lipinski definition) is 3. The van der Waals surface area contributed by atoms with Crippen LogP contribution in [0, 0.1) is 0 Å². The van der Waals surface area contributed by atoms with Crippen molar-refractivity contribution in [1.82, 2.24) is 5.32 Å². The van der Waals surface area contributed by atoms with Crippen LogP contribution in [0.5, 0.6) is 0 Å². The Balaban J connectivity index is 2.28. The van der Waals surface area contributed by atoms with Gasteiger partial charge in [0.2, 0.25) is 5.91 Å². The SMILES string of the molecule is CCOCC(C)NC(=O)[C@@H](N)CCc1ccccc1. The summed E-state index contributed by atoms with van der Waals surface area (Å²) < 4.78 is 5.25. The van der Waals surface area contributed by atoms with E-state index < -0.39 is 6.04 Å². The van der Waals surface area contributed by atoms with Gasteiger partial charge in [0.25, 0.3) is 0 Å². The Hall–Kier alpha value is -1.39. The Morgan fingerprint density at radius 1 is 1.37 bits per heavy atom. The largest absolute Gasteiger partial charge is 0.380 e. The summed E-state index contributed by atoms with van der Waals surface area (Å²) in [6, 6.07) is 9.58. The fourth-order valence-corrected chi connectivity index (χ4v) is 1.78. The molecule has 1 rings (SSSR count). The van der Waals surface area contributed by atoms with Gasteiger partial charge in [-0.1, -0.05) is 30.3 Å². The van der Waals surface area contributed by atoms with E-state index in [1.54, 1.807) is 0 Å². The molecular weight excluding hydrogens is 240 g/mol. The number of nitrogens with one attached hydrogen (secondary N) is 1. The maximum absolute atomic E-state index is 11.8. The van der Waals surface area contributed by atoms with Crippen LogP contribution in [0.4, 0.5) is 0 Å². The molecule has 1 aromatic carbocycles. The maximum atomic E-state index is 11.8. The summed E-state index contributed by atoms with van der Waals surface area (Å²) in [5, 5.41) is 2.86. The number of hydrogen-bond donors (Lipinski definition) is 2. The van der Waals surface area contributed by atoms with Crippen LogP contribution < -0.4 is 11.1 Å². The molecule has 3 N–H and O–H groups in total. The Bertz CT molecular complexity index is 368. The second-order valence-electron chi connectivity index (χ2n) is 4.70. The minimum absolute atomic E-state index is 0.00442. The number of rotatable bonds is 8. The van der Waals surface area contributed by atoms with Crippen molar-refractivity contribution >= 4 is 5.91 Å². The van der Waals surface area contributed by atoms with Crippen LogP contribution in [0.1, 0.15) is 25.8 Å². The lowest BCUT2D eigenvalue weighted by molar-refractivity contribution is -0.123. The van der Waals surface area contributed by atoms with E-state index in [1.165, 1.54) is 5.56 Å². The molecule has 0 spiro atoms. The average Bonchev–Trinajstić information content (AvgIpc) is 2.43. The first-order valence-electron chi connectivity index (χ1n) is 6.81. The van der Waals surface area contributed by atoms with Gasteiger partial charge in [0.15, 0.2) is 0 Å². The number of carbonyl (C=O) groups is 1. The van der Waals surface area contributed by atoms with Gasteiger partial charge in [0, 0.05) is 12.6 Å². The molecule has 19 heavy (non-hydrogen) atoms. The Morgan fingerprint density at radius 3 is 2.68 bits per heavy atom. The van der Waals surface area contributed by atoms with Gasteiger partial charge in [-0.3, -0.25) is 4.79 Å². The minimum Gasteiger partial charge on any atom is -0.380 e. The van der Waals surface area contributed by atoms with Crippen molar-refractivity contribution in [2.75, 3.05) is 13.2 Å². The van der Waals surface area contributed by atoms with Gasteiger partial charge in [-0.05, 0) is 32.3 Å². The second-order valence-corrected chi connectivity index (χ2v) is 4.70. The first-order valence-corrected chi connectivity index (χ1v) is 6.81. The monoisotopic (exact) mass is 264 g/mol. The molecule has 0 saturated heterocycles. The summed E-state index contributed by atoms with van der Waals surface area (Å²) in [5.41, 5.74) is 7.09. The van der Waals surface area contributed by atoms with E-state index in [0.29, 0.717) is 19.6 Å². The third-order valence-electron chi connectivity index (χ3n) is 2.88. The lowest BCUT2D eigenvalue weighted by atomic mass is 10.1. The van der Waals surface area contributed by atoms with E-state index in [1.807, 2.05) is 44.2 Å². The van der Waals surface area contributed by atoms with Crippen LogP contribution in [0.15, 0.2) is 30.3 Å². The molecule has 106 valence electrons. The quantitative estimate of drug-likeness (QED) is 0.747. The molecule has 0 bridgehead atoms. The topological polar surface area (TPSA) is 64.3 Å². The molecular formula is C15H24N2O2. The minimum atomic E-state index is -0.468. The highest BCUT2D eigenvalue weighted by Gasteiger charge is 2.15. The molecule has 0 aromatic heterocycles. The van der Waals surface area contributed by atoms with E-state index in [4.69, 9.17) is 10.5 Å². The third kappa shape index (κ3) is 6.36. The summed E-state index contributed by atoms with van der Waals surface area (Å²) in [5.74, 6) is -0.108. The zero-order valence-electron chi connectivity index (χ0n) is 11.8. The fourth-order valence-electron chi connectivity index (χ4n) is 1.78. The summed E-state index contributed by atoms with van der Waals surface area (Å²) in [4.78, 5) is 11.8. The number of carbonyl (C=O) groups excluding carboxylic acids is 1. The summed E-state index contributed by atoms with van der Waals surface area (Å²) in [6.07, 6.45) is 1.46. The van der Waals surface area contributed by atoms with Gasteiger partial charge in [-0.2, -0.15) is 0 Å². The highest BCUT2D eigenvalue weighted by atomic mass is 16.5. The first-order chi connectivity index (χ1) is 9.13. The van der Waals surface area contributed by atoms with Gasteiger partial charge in [0.1, 0.15) is 0 Å². The zero-order valence-corrected chi connectivity index (χ0v) is 11.8. The van der Waals surface area contributed by atoms with Crippen molar-refractivity contribution in [1.29, 1.82) is 0 Å². The van der Waals surface area contributed by atoms with Crippen LogP contribution in [-0.2, 0) is 16.0 Å². The number of ether oxygens (including phenoxy) is 1. The Morgan fingerprint density at radius 2 is 2.05 bits per heavy atom. The molecule has 0 saturated carbocycles. The third-order valence-corrected chi connectivity index (χ3v) is 2.88. The van der Waals surface area contributed by atoms with Gasteiger partial charge in [0.05, 0.1) is 12.6 Å². The average molecular weight is 264 g/mol. The van der Waals surface area contributed by atoms with Gasteiger partial charge < -0.3 is 15.8 Å². The molecule has 1 aromatic rings. The van der Waals surface area contributed by atoms with Crippen LogP contribution >= 0.6 is 0 Å². The van der Waals surface area contributed by atoms with E-state index in [0.717, 1.165) is 6.42 Å². The zero-order chi connectivity index (χ0) is 14.1. The lowest BCUT2D eigenvalue weighted by Gasteiger charge is -2.17. The van der Waals surface area contributed by atoms with Gasteiger partial charge >= 0.3 is 0 Å². The molecule has 0 fully saturated rings. The van der Waals surface area contributed by atoms with E-state index in [-0.39, 0.29) is 11.9 Å². The van der Waals surface area contributed by atoms with E-state index >= 15 is 0 Å². The van der Waals surface area contributed by atoms with Gasteiger partial charge in [-0.15, -0.1) is 0 Å². The number of aryl methyl sites for hydroxylation is 1. The van der Waals surface area contributed by atoms with Gasteiger partial charge in [-0.25, -0.2) is 0 Å². The summed E-state index contributed by atoms with van der Waals surface area (Å²) in [6.45, 7) is 5.02. The molecule has 0 aliphatic carbocycles. The predicted octanol–water partition coefficient (Wildman–Crippen LogP) is 1.49. The van der Waals surface area contributed by atoms with Crippen LogP contribution in [0.25, 0.3) is 0 Å². The fraction of sp³-hybridized carbons (Fsp3) is 0.533. The molecule has 0 heterocycles. The van der Waals surface area contributed by atoms with Crippen molar-refractivity contribution in [3.8, 4) is 0 Å². The smallest absolute Gasteiger partial charge is 0.237 e. The second kappa shape index (κ2) is 8.67. The number of benzene rings is 1. The van der Waals surface area contributed by atoms with E-state index in [2.05, 4.69) is 5.32 Å². The molecule has 4 nitrogen and oxygen atoms in total. The predicted molar refractivity (Wildman–Crippen MR) is 76.8 cm³/mol. The lowest BCUT2D eigenvalue weighted by Crippen LogP contribution is -2.46. The molecule has 1 amide bonds. The molecule has 0 aliphatic heterocycles. The molecule has 2 atom stereocenters. The maximum Gasteiger partial charge on any atom is 0.237 e. The van der Waals surface area contributed by atoms with Crippen molar-refractivity contribution in [2.24, 2.45) is 5.73 Å². The molecule has 0 radical (unpaired) electrons. The standard InChI is InChI=1S/C15H24N2O2/c1-3-19-11-12(2)17-15(18)14(16)10-9-13-7-5-4-6-8-13/h4-8,12,14H,3,9-11,16H2,1-2H3,(H,17,18)/t12?,14-/m0/s1. The highest BCUT2D eigenvalue weighted by Crippen LogP contribution is 2.04. The van der Waals surface area contributed by atoms with Crippen molar-refractivity contribution in [2.45, 2.75) is 38.8 Å². The molecule has 4 heteroatoms. The van der Waals surface area contributed by atoms with E-state index in [9.17, 15) is 4.79 Å². The summed E-state index contributed by atoms with van der Waals surface area (Å²) >= 11 is 0. The van der Waals surface area contributed by atoms with Crippen molar-refractivity contribution in [3.63, 3.8) is 0 Å². The van der Waals surface area contributed by atoms with Crippen LogP contribution in [-0.4, -0.2) is 31.2 Å². The Kier molecular flexibility index (Phi) is 7.15. The molecule has 1 unspecified atom stereocenters. The van der Waals surface area contributed by atoms with Crippen LogP contribution in [0.2, 0.25) is 0 Å². The number of amides is 1. The van der Waals surface area contributed by atoms with Crippen molar-refractivity contribution in [3.05, 3.63) is 35.9 Å². The highest BCUT2D eigenvalue weighted by molar-refractivity contribution is 5.81. The van der Waals surface area contributed by atoms with Crippen molar-refractivity contribution < 1.29 is 9.53 Å². The Labute approximate surface area is 115 Å².